The predicted octanol–water partition coefficient (Wildman–Crippen LogP) is 3.09. The Hall–Kier alpha value is -2.52. The van der Waals surface area contributed by atoms with Gasteiger partial charge < -0.3 is 19.3 Å². The van der Waals surface area contributed by atoms with Crippen LogP contribution in [0.3, 0.4) is 0 Å². The Morgan fingerprint density at radius 3 is 2.57 bits per heavy atom. The monoisotopic (exact) mass is 401 g/mol. The molecular weight excluding hydrogens is 379 g/mol. The summed E-state index contributed by atoms with van der Waals surface area (Å²) in [6.07, 6.45) is -4.40. The molecule has 154 valence electrons. The van der Waals surface area contributed by atoms with Gasteiger partial charge in [-0.2, -0.15) is 13.2 Å². The predicted molar refractivity (Wildman–Crippen MR) is 93.1 cm³/mol. The lowest BCUT2D eigenvalue weighted by Gasteiger charge is -2.44. The highest BCUT2D eigenvalue weighted by atomic mass is 19.4. The van der Waals surface area contributed by atoms with E-state index in [2.05, 4.69) is 4.98 Å². The number of amides is 1. The van der Waals surface area contributed by atoms with Crippen molar-refractivity contribution in [3.63, 3.8) is 0 Å². The molecule has 0 unspecified atom stereocenters. The zero-order valence-corrected chi connectivity index (χ0v) is 16.0. The van der Waals surface area contributed by atoms with Gasteiger partial charge in [-0.05, 0) is 33.8 Å². The lowest BCUT2D eigenvalue weighted by Crippen LogP contribution is -2.61. The van der Waals surface area contributed by atoms with E-state index in [1.807, 2.05) is 0 Å². The van der Waals surface area contributed by atoms with Gasteiger partial charge in [0.15, 0.2) is 0 Å². The highest BCUT2D eigenvalue weighted by molar-refractivity contribution is 5.95. The second kappa shape index (κ2) is 6.82. The first-order valence-corrected chi connectivity index (χ1v) is 8.87. The van der Waals surface area contributed by atoms with Crippen LogP contribution < -0.4 is 4.90 Å². The molecule has 2 atom stereocenters. The summed E-state index contributed by atoms with van der Waals surface area (Å²) in [6, 6.07) is 0.0345. The van der Waals surface area contributed by atoms with E-state index in [0.717, 1.165) is 6.07 Å². The number of carbonyl (C=O) groups is 2. The summed E-state index contributed by atoms with van der Waals surface area (Å²) in [7, 11) is 0. The topological polar surface area (TPSA) is 72.0 Å². The second-order valence-corrected chi connectivity index (χ2v) is 7.98. The molecule has 1 aromatic heterocycles. The third kappa shape index (κ3) is 4.00. The number of aromatic nitrogens is 1. The number of fused-ring (bicyclic) bond motifs is 3. The number of anilines is 1. The number of nitrogens with zero attached hydrogens (tertiary/aromatic N) is 3. The standard InChI is InChI=1S/C18H22F3N3O4/c1-10-7-24-12(8-23(10)16(26)28-17(2,3)4)9-27-15(25)13-5-11(18(19,20)21)6-22-14(13)24/h5-6,10,12H,7-9H2,1-4H3/t10-,12-/m1/s1. The number of ether oxygens (including phenoxy) is 2. The smallest absolute Gasteiger partial charge is 0.417 e. The lowest BCUT2D eigenvalue weighted by molar-refractivity contribution is -0.137. The van der Waals surface area contributed by atoms with Gasteiger partial charge in [0.05, 0.1) is 11.6 Å². The second-order valence-electron chi connectivity index (χ2n) is 7.98. The normalized spacial score (nSPS) is 22.8. The highest BCUT2D eigenvalue weighted by Crippen LogP contribution is 2.34. The number of hydrogen-bond donors (Lipinski definition) is 0. The molecule has 28 heavy (non-hydrogen) atoms. The molecule has 0 radical (unpaired) electrons. The molecule has 1 saturated heterocycles. The number of halogens is 3. The molecule has 3 heterocycles. The first kappa shape index (κ1) is 20.2. The van der Waals surface area contributed by atoms with Gasteiger partial charge in [0.2, 0.25) is 0 Å². The Kier molecular flexibility index (Phi) is 4.93. The van der Waals surface area contributed by atoms with E-state index < -0.39 is 35.4 Å². The van der Waals surface area contributed by atoms with Crippen LogP contribution in [0.2, 0.25) is 0 Å². The van der Waals surface area contributed by atoms with Gasteiger partial charge in [0, 0.05) is 25.3 Å². The molecule has 10 heteroatoms. The van der Waals surface area contributed by atoms with Crippen molar-refractivity contribution < 1.29 is 32.2 Å². The summed E-state index contributed by atoms with van der Waals surface area (Å²) in [5.41, 5.74) is -1.90. The van der Waals surface area contributed by atoms with Crippen molar-refractivity contribution in [3.8, 4) is 0 Å². The minimum atomic E-state index is -4.61. The fourth-order valence-corrected chi connectivity index (χ4v) is 3.26. The van der Waals surface area contributed by atoms with Crippen molar-refractivity contribution in [3.05, 3.63) is 23.4 Å². The molecule has 0 saturated carbocycles. The maximum Gasteiger partial charge on any atom is 0.417 e. The van der Waals surface area contributed by atoms with Crippen LogP contribution in [0.5, 0.6) is 0 Å². The molecule has 0 aromatic carbocycles. The first-order chi connectivity index (χ1) is 12.9. The number of hydrogen-bond acceptors (Lipinski definition) is 6. The maximum atomic E-state index is 13.0. The van der Waals surface area contributed by atoms with Gasteiger partial charge in [-0.1, -0.05) is 0 Å². The summed E-state index contributed by atoms with van der Waals surface area (Å²) < 4.78 is 49.6. The van der Waals surface area contributed by atoms with Crippen LogP contribution in [0.15, 0.2) is 12.3 Å². The first-order valence-electron chi connectivity index (χ1n) is 8.87. The van der Waals surface area contributed by atoms with Gasteiger partial charge in [-0.25, -0.2) is 14.6 Å². The molecule has 1 aromatic rings. The number of piperazine rings is 1. The molecule has 0 spiro atoms. The summed E-state index contributed by atoms with van der Waals surface area (Å²) in [4.78, 5) is 31.9. The van der Waals surface area contributed by atoms with Crippen LogP contribution in [-0.4, -0.2) is 59.3 Å². The molecule has 2 aliphatic heterocycles. The molecule has 0 aliphatic carbocycles. The minimum absolute atomic E-state index is 0.0669. The van der Waals surface area contributed by atoms with Crippen LogP contribution in [0.25, 0.3) is 0 Å². The third-order valence-corrected chi connectivity index (χ3v) is 4.56. The van der Waals surface area contributed by atoms with Crippen molar-refractivity contribution in [2.24, 2.45) is 0 Å². The van der Waals surface area contributed by atoms with Gasteiger partial charge in [0.1, 0.15) is 23.6 Å². The van der Waals surface area contributed by atoms with E-state index in [1.54, 1.807) is 32.6 Å². The molecule has 2 aliphatic rings. The Balaban J connectivity index is 1.90. The molecule has 7 nitrogen and oxygen atoms in total. The van der Waals surface area contributed by atoms with E-state index in [4.69, 9.17) is 9.47 Å². The van der Waals surface area contributed by atoms with E-state index >= 15 is 0 Å². The number of carbonyl (C=O) groups excluding carboxylic acids is 2. The third-order valence-electron chi connectivity index (χ3n) is 4.56. The summed E-state index contributed by atoms with van der Waals surface area (Å²) in [5, 5.41) is 0. The zero-order valence-electron chi connectivity index (χ0n) is 16.0. The van der Waals surface area contributed by atoms with Crippen molar-refractivity contribution in [1.82, 2.24) is 9.88 Å². The number of alkyl halides is 3. The fourth-order valence-electron chi connectivity index (χ4n) is 3.26. The van der Waals surface area contributed by atoms with Gasteiger partial charge in [-0.3, -0.25) is 0 Å². The van der Waals surface area contributed by atoms with Crippen molar-refractivity contribution in [2.75, 3.05) is 24.6 Å². The average Bonchev–Trinajstić information content (AvgIpc) is 2.69. The van der Waals surface area contributed by atoms with Gasteiger partial charge >= 0.3 is 18.2 Å². The number of rotatable bonds is 0. The average molecular weight is 401 g/mol. The molecular formula is C18H22F3N3O4. The van der Waals surface area contributed by atoms with Crippen molar-refractivity contribution >= 4 is 17.9 Å². The zero-order chi connectivity index (χ0) is 20.9. The molecule has 1 amide bonds. The van der Waals surface area contributed by atoms with Gasteiger partial charge in [-0.15, -0.1) is 0 Å². The SMILES string of the molecule is C[C@@H]1CN2c3ncc(C(F)(F)F)cc3C(=O)OC[C@H]2CN1C(=O)OC(C)(C)C. The summed E-state index contributed by atoms with van der Waals surface area (Å²) >= 11 is 0. The van der Waals surface area contributed by atoms with Crippen LogP contribution in [-0.2, 0) is 15.7 Å². The maximum absolute atomic E-state index is 13.0. The Bertz CT molecular complexity index is 791. The Morgan fingerprint density at radius 2 is 1.96 bits per heavy atom. The fraction of sp³-hybridized carbons (Fsp3) is 0.611. The minimum Gasteiger partial charge on any atom is -0.460 e. The van der Waals surface area contributed by atoms with E-state index in [1.165, 1.54) is 4.90 Å². The molecule has 0 bridgehead atoms. The quantitative estimate of drug-likeness (QED) is 0.622. The molecule has 0 N–H and O–H groups in total. The van der Waals surface area contributed by atoms with Crippen LogP contribution in [0, 0.1) is 0 Å². The van der Waals surface area contributed by atoms with Crippen LogP contribution in [0.1, 0.15) is 43.6 Å². The molecule has 3 rings (SSSR count). The van der Waals surface area contributed by atoms with Crippen LogP contribution >= 0.6 is 0 Å². The van der Waals surface area contributed by atoms with Crippen molar-refractivity contribution in [1.29, 1.82) is 0 Å². The van der Waals surface area contributed by atoms with Crippen LogP contribution in [0.4, 0.5) is 23.8 Å². The Morgan fingerprint density at radius 1 is 1.29 bits per heavy atom. The summed E-state index contributed by atoms with van der Waals surface area (Å²) in [6.45, 7) is 7.50. The van der Waals surface area contributed by atoms with E-state index in [0.29, 0.717) is 6.20 Å². The number of esters is 1. The highest BCUT2D eigenvalue weighted by Gasteiger charge is 2.41. The molecule has 1 fully saturated rings. The van der Waals surface area contributed by atoms with Crippen molar-refractivity contribution in [2.45, 2.75) is 51.6 Å². The van der Waals surface area contributed by atoms with E-state index in [-0.39, 0.29) is 37.1 Å². The lowest BCUT2D eigenvalue weighted by atomic mass is 10.1. The number of pyridine rings is 1. The van der Waals surface area contributed by atoms with E-state index in [9.17, 15) is 22.8 Å². The van der Waals surface area contributed by atoms with Gasteiger partial charge in [0.25, 0.3) is 0 Å². The summed E-state index contributed by atoms with van der Waals surface area (Å²) in [5.74, 6) is -0.726. The Labute approximate surface area is 160 Å². The number of cyclic esters (lactones) is 1. The largest absolute Gasteiger partial charge is 0.460 e.